The summed E-state index contributed by atoms with van der Waals surface area (Å²) in [6, 6.07) is 13.2. The van der Waals surface area contributed by atoms with Gasteiger partial charge in [-0.15, -0.1) is 0 Å². The van der Waals surface area contributed by atoms with Gasteiger partial charge in [0.15, 0.2) is 5.54 Å². The van der Waals surface area contributed by atoms with Crippen molar-refractivity contribution in [3.05, 3.63) is 88.2 Å². The maximum absolute atomic E-state index is 12.3. The van der Waals surface area contributed by atoms with E-state index in [2.05, 4.69) is 10.3 Å². The molecule has 0 spiro atoms. The SMILES string of the molecule is CNCc1ccc(F)cc1.N#Cc1ccc(C2(C(=O)O)CCc3cncn32)c(Cl)c1. The smallest absolute Gasteiger partial charge is 0.334 e. The number of aliphatic carboxylic acids is 1. The van der Waals surface area contributed by atoms with E-state index in [1.54, 1.807) is 35.0 Å². The zero-order chi connectivity index (χ0) is 21.7. The van der Waals surface area contributed by atoms with Crippen molar-refractivity contribution in [1.29, 1.82) is 5.26 Å². The number of nitriles is 1. The lowest BCUT2D eigenvalue weighted by atomic mass is 9.87. The third-order valence-corrected chi connectivity index (χ3v) is 5.37. The van der Waals surface area contributed by atoms with Gasteiger partial charge < -0.3 is 15.0 Å². The van der Waals surface area contributed by atoms with Crippen LogP contribution in [-0.4, -0.2) is 27.7 Å². The Balaban J connectivity index is 0.000000216. The van der Waals surface area contributed by atoms with Crippen molar-refractivity contribution in [3.63, 3.8) is 0 Å². The lowest BCUT2D eigenvalue weighted by Crippen LogP contribution is -2.40. The van der Waals surface area contributed by atoms with E-state index >= 15 is 0 Å². The number of nitrogens with one attached hydrogen (secondary N) is 1. The zero-order valence-corrected chi connectivity index (χ0v) is 17.0. The average molecular weight is 427 g/mol. The molecule has 1 unspecified atom stereocenters. The number of carboxylic acids is 1. The van der Waals surface area contributed by atoms with Gasteiger partial charge in [0.25, 0.3) is 0 Å². The molecular formula is C22H20ClFN4O2. The molecule has 6 nitrogen and oxygen atoms in total. The van der Waals surface area contributed by atoms with Gasteiger partial charge in [0.1, 0.15) is 5.82 Å². The Morgan fingerprint density at radius 1 is 1.37 bits per heavy atom. The van der Waals surface area contributed by atoms with Crippen LogP contribution in [0.25, 0.3) is 0 Å². The predicted molar refractivity (Wildman–Crippen MR) is 111 cm³/mol. The Morgan fingerprint density at radius 2 is 2.10 bits per heavy atom. The van der Waals surface area contributed by atoms with Crippen molar-refractivity contribution >= 4 is 17.6 Å². The normalized spacial score (nSPS) is 16.9. The van der Waals surface area contributed by atoms with Crippen LogP contribution in [0.2, 0.25) is 5.02 Å². The highest BCUT2D eigenvalue weighted by molar-refractivity contribution is 6.31. The second kappa shape index (κ2) is 9.08. The molecule has 1 aromatic heterocycles. The fourth-order valence-electron chi connectivity index (χ4n) is 3.60. The van der Waals surface area contributed by atoms with E-state index < -0.39 is 11.5 Å². The average Bonchev–Trinajstić information content (AvgIpc) is 3.33. The number of hydrogen-bond donors (Lipinski definition) is 2. The third kappa shape index (κ3) is 4.06. The number of imidazole rings is 1. The topological polar surface area (TPSA) is 90.9 Å². The summed E-state index contributed by atoms with van der Waals surface area (Å²) in [5.74, 6) is -1.15. The van der Waals surface area contributed by atoms with Crippen LogP contribution in [0.3, 0.4) is 0 Å². The highest BCUT2D eigenvalue weighted by Gasteiger charge is 2.48. The Hall–Kier alpha value is -3.21. The second-order valence-electron chi connectivity index (χ2n) is 6.88. The Labute approximate surface area is 178 Å². The molecule has 2 N–H and O–H groups in total. The van der Waals surface area contributed by atoms with Crippen LogP contribution in [0.1, 0.15) is 28.8 Å². The van der Waals surface area contributed by atoms with Gasteiger partial charge in [0.2, 0.25) is 0 Å². The lowest BCUT2D eigenvalue weighted by molar-refractivity contribution is -0.145. The molecule has 4 rings (SSSR count). The summed E-state index contributed by atoms with van der Waals surface area (Å²) in [7, 11) is 1.86. The first kappa shape index (κ1) is 21.5. The molecule has 3 aromatic rings. The summed E-state index contributed by atoms with van der Waals surface area (Å²) in [6.07, 6.45) is 4.24. The van der Waals surface area contributed by atoms with E-state index in [1.807, 2.05) is 13.1 Å². The molecule has 0 aliphatic carbocycles. The molecule has 0 fully saturated rings. The number of rotatable bonds is 4. The minimum Gasteiger partial charge on any atom is -0.479 e. The van der Waals surface area contributed by atoms with E-state index in [0.29, 0.717) is 24.0 Å². The molecule has 2 aromatic carbocycles. The van der Waals surface area contributed by atoms with Crippen molar-refractivity contribution in [2.45, 2.75) is 24.9 Å². The molecule has 0 bridgehead atoms. The first-order chi connectivity index (χ1) is 14.4. The fourth-order valence-corrected chi connectivity index (χ4v) is 3.93. The van der Waals surface area contributed by atoms with E-state index in [4.69, 9.17) is 16.9 Å². The van der Waals surface area contributed by atoms with Crippen LogP contribution in [0.15, 0.2) is 55.0 Å². The zero-order valence-electron chi connectivity index (χ0n) is 16.3. The molecule has 1 atom stereocenters. The standard InChI is InChI=1S/C14H10ClN3O2.C8H10FN/c15-12-5-9(6-16)1-2-11(12)14(13(19)20)4-3-10-7-17-8-18(10)14;1-10-6-7-2-4-8(9)5-3-7/h1-2,5,7-8H,3-4H2,(H,19,20);2-5,10H,6H2,1H3. The van der Waals surface area contributed by atoms with Gasteiger partial charge in [-0.1, -0.05) is 29.8 Å². The third-order valence-electron chi connectivity index (χ3n) is 5.06. The molecule has 30 heavy (non-hydrogen) atoms. The van der Waals surface area contributed by atoms with Crippen molar-refractivity contribution in [2.75, 3.05) is 7.05 Å². The highest BCUT2D eigenvalue weighted by atomic mass is 35.5. The van der Waals surface area contributed by atoms with Gasteiger partial charge in [-0.2, -0.15) is 5.26 Å². The Kier molecular flexibility index (Phi) is 6.50. The maximum Gasteiger partial charge on any atom is 0.334 e. The first-order valence-corrected chi connectivity index (χ1v) is 9.64. The molecule has 0 radical (unpaired) electrons. The molecule has 8 heteroatoms. The van der Waals surface area contributed by atoms with Crippen molar-refractivity contribution < 1.29 is 14.3 Å². The number of carbonyl (C=O) groups is 1. The number of aromatic nitrogens is 2. The van der Waals surface area contributed by atoms with Gasteiger partial charge in [-0.05, 0) is 49.7 Å². The van der Waals surface area contributed by atoms with E-state index in [-0.39, 0.29) is 10.8 Å². The fraction of sp³-hybridized carbons (Fsp3) is 0.227. The van der Waals surface area contributed by atoms with Crippen molar-refractivity contribution in [1.82, 2.24) is 14.9 Å². The Morgan fingerprint density at radius 3 is 2.70 bits per heavy atom. The summed E-state index contributed by atoms with van der Waals surface area (Å²) in [5.41, 5.74) is 1.62. The Bertz CT molecular complexity index is 1090. The molecule has 0 amide bonds. The van der Waals surface area contributed by atoms with Crippen LogP contribution < -0.4 is 5.32 Å². The molecular weight excluding hydrogens is 407 g/mol. The summed E-state index contributed by atoms with van der Waals surface area (Å²) in [5, 5.41) is 21.9. The largest absolute Gasteiger partial charge is 0.479 e. The van der Waals surface area contributed by atoms with Gasteiger partial charge >= 0.3 is 5.97 Å². The molecule has 2 heterocycles. The molecule has 0 saturated carbocycles. The summed E-state index contributed by atoms with van der Waals surface area (Å²) < 4.78 is 14.0. The number of benzene rings is 2. The van der Waals surface area contributed by atoms with Crippen LogP contribution in [0.4, 0.5) is 4.39 Å². The highest BCUT2D eigenvalue weighted by Crippen LogP contribution is 2.41. The minimum atomic E-state index is -1.24. The first-order valence-electron chi connectivity index (χ1n) is 9.26. The number of nitrogens with zero attached hydrogens (tertiary/aromatic N) is 3. The molecule has 0 saturated heterocycles. The van der Waals surface area contributed by atoms with Gasteiger partial charge in [-0.25, -0.2) is 14.2 Å². The van der Waals surface area contributed by atoms with Crippen molar-refractivity contribution in [3.8, 4) is 6.07 Å². The van der Waals surface area contributed by atoms with Crippen LogP contribution >= 0.6 is 11.6 Å². The van der Waals surface area contributed by atoms with E-state index in [0.717, 1.165) is 17.8 Å². The van der Waals surface area contributed by atoms with Crippen LogP contribution in [0, 0.1) is 17.1 Å². The van der Waals surface area contributed by atoms with Crippen LogP contribution in [0.5, 0.6) is 0 Å². The number of hydrogen-bond acceptors (Lipinski definition) is 4. The van der Waals surface area contributed by atoms with Crippen molar-refractivity contribution in [2.24, 2.45) is 0 Å². The molecule has 154 valence electrons. The monoisotopic (exact) mass is 426 g/mol. The number of carboxylic acid groups (broad SMARTS) is 1. The van der Waals surface area contributed by atoms with Gasteiger partial charge in [-0.3, -0.25) is 0 Å². The minimum absolute atomic E-state index is 0.181. The summed E-state index contributed by atoms with van der Waals surface area (Å²) >= 11 is 6.21. The molecule has 1 aliphatic heterocycles. The molecule has 1 aliphatic rings. The van der Waals surface area contributed by atoms with Crippen LogP contribution in [-0.2, 0) is 23.3 Å². The van der Waals surface area contributed by atoms with E-state index in [9.17, 15) is 14.3 Å². The second-order valence-corrected chi connectivity index (χ2v) is 7.29. The number of aryl methyl sites for hydroxylation is 1. The summed E-state index contributed by atoms with van der Waals surface area (Å²) in [4.78, 5) is 15.9. The van der Waals surface area contributed by atoms with Gasteiger partial charge in [0, 0.05) is 29.0 Å². The quantitative estimate of drug-likeness (QED) is 0.663. The summed E-state index contributed by atoms with van der Waals surface area (Å²) in [6.45, 7) is 0.792. The maximum atomic E-state index is 12.3. The lowest BCUT2D eigenvalue weighted by Gasteiger charge is -2.28. The number of fused-ring (bicyclic) bond motifs is 1. The predicted octanol–water partition coefficient (Wildman–Crippen LogP) is 3.73. The number of halogens is 2. The van der Waals surface area contributed by atoms with E-state index in [1.165, 1.54) is 24.5 Å². The van der Waals surface area contributed by atoms with Gasteiger partial charge in [0.05, 0.1) is 18.0 Å².